The van der Waals surface area contributed by atoms with Gasteiger partial charge in [-0.05, 0) is 16.8 Å². The third-order valence-electron chi connectivity index (χ3n) is 3.39. The number of hydrogen-bond acceptors (Lipinski definition) is 7. The Morgan fingerprint density at radius 1 is 1.48 bits per heavy atom. The first-order chi connectivity index (χ1) is 10.1. The van der Waals surface area contributed by atoms with Crippen molar-refractivity contribution in [2.24, 2.45) is 7.05 Å². The average Bonchev–Trinajstić information content (AvgIpc) is 2.89. The molecule has 9 heteroatoms. The summed E-state index contributed by atoms with van der Waals surface area (Å²) in [7, 11) is 1.79. The smallest absolute Gasteiger partial charge is 0.219 e. The number of tetrazole rings is 1. The van der Waals surface area contributed by atoms with Gasteiger partial charge in [0.15, 0.2) is 5.78 Å². The molecular formula is C12H20N6O2S. The van der Waals surface area contributed by atoms with Crippen molar-refractivity contribution in [2.75, 3.05) is 25.4 Å². The first kappa shape index (κ1) is 15.9. The van der Waals surface area contributed by atoms with Crippen LogP contribution in [0, 0.1) is 0 Å². The fourth-order valence-corrected chi connectivity index (χ4v) is 2.97. The predicted octanol–water partition coefficient (Wildman–Crippen LogP) is -0.528. The van der Waals surface area contributed by atoms with E-state index in [9.17, 15) is 9.59 Å². The van der Waals surface area contributed by atoms with Gasteiger partial charge in [-0.2, -0.15) is 0 Å². The van der Waals surface area contributed by atoms with Gasteiger partial charge in [0.05, 0.1) is 6.04 Å². The molecule has 1 N–H and O–H groups in total. The number of nitrogens with zero attached hydrogens (tertiary/aromatic N) is 5. The number of carbonyl (C=O) groups excluding carboxylic acids is 2. The van der Waals surface area contributed by atoms with Crippen LogP contribution in [0.15, 0.2) is 5.16 Å². The Morgan fingerprint density at radius 2 is 2.29 bits per heavy atom. The number of rotatable bonds is 6. The van der Waals surface area contributed by atoms with E-state index >= 15 is 0 Å². The van der Waals surface area contributed by atoms with Crippen molar-refractivity contribution >= 4 is 23.5 Å². The molecule has 0 spiro atoms. The standard InChI is InChI=1S/C12H20N6O2S/c1-9(19)18-6-5-13-10(8-18)11(20)4-3-7-21-12-14-15-16-17(12)2/h10,13H,3-8H2,1-2H3. The molecule has 1 aliphatic rings. The van der Waals surface area contributed by atoms with E-state index in [1.54, 1.807) is 23.6 Å². The third kappa shape index (κ3) is 4.50. The maximum Gasteiger partial charge on any atom is 0.219 e. The lowest BCUT2D eigenvalue weighted by Gasteiger charge is -2.32. The third-order valence-corrected chi connectivity index (χ3v) is 4.49. The SMILES string of the molecule is CC(=O)N1CCNC(C(=O)CCCSc2nnnn2C)C1. The molecule has 2 heterocycles. The molecule has 1 aliphatic heterocycles. The molecule has 116 valence electrons. The van der Waals surface area contributed by atoms with Gasteiger partial charge in [-0.3, -0.25) is 9.59 Å². The highest BCUT2D eigenvalue weighted by Gasteiger charge is 2.25. The molecule has 1 amide bonds. The van der Waals surface area contributed by atoms with Crippen molar-refractivity contribution in [1.82, 2.24) is 30.4 Å². The summed E-state index contributed by atoms with van der Waals surface area (Å²) in [5.41, 5.74) is 0. The molecule has 1 saturated heterocycles. The van der Waals surface area contributed by atoms with Crippen LogP contribution in [-0.4, -0.2) is 68.2 Å². The fourth-order valence-electron chi connectivity index (χ4n) is 2.18. The lowest BCUT2D eigenvalue weighted by atomic mass is 10.1. The summed E-state index contributed by atoms with van der Waals surface area (Å²) in [5, 5.41) is 15.1. The summed E-state index contributed by atoms with van der Waals surface area (Å²) in [4.78, 5) is 25.2. The van der Waals surface area contributed by atoms with Crippen LogP contribution in [0.2, 0.25) is 0 Å². The van der Waals surface area contributed by atoms with Gasteiger partial charge in [0.25, 0.3) is 0 Å². The Balaban J connectivity index is 1.69. The number of hydrogen-bond donors (Lipinski definition) is 1. The molecule has 21 heavy (non-hydrogen) atoms. The van der Waals surface area contributed by atoms with Gasteiger partial charge >= 0.3 is 0 Å². The highest BCUT2D eigenvalue weighted by atomic mass is 32.2. The summed E-state index contributed by atoms with van der Waals surface area (Å²) in [6.45, 7) is 3.37. The molecule has 0 radical (unpaired) electrons. The Morgan fingerprint density at radius 3 is 2.95 bits per heavy atom. The highest BCUT2D eigenvalue weighted by molar-refractivity contribution is 7.99. The quantitative estimate of drug-likeness (QED) is 0.557. The molecule has 2 rings (SSSR count). The maximum atomic E-state index is 12.1. The molecule has 0 aromatic carbocycles. The zero-order chi connectivity index (χ0) is 15.2. The molecule has 1 aromatic rings. The summed E-state index contributed by atoms with van der Waals surface area (Å²) < 4.78 is 1.61. The second kappa shape index (κ2) is 7.51. The van der Waals surface area contributed by atoms with E-state index in [-0.39, 0.29) is 17.7 Å². The number of nitrogens with one attached hydrogen (secondary N) is 1. The molecular weight excluding hydrogens is 292 g/mol. The fraction of sp³-hybridized carbons (Fsp3) is 0.750. The molecule has 1 fully saturated rings. The number of thioether (sulfide) groups is 1. The van der Waals surface area contributed by atoms with E-state index in [0.29, 0.717) is 26.1 Å². The van der Waals surface area contributed by atoms with Crippen LogP contribution in [-0.2, 0) is 16.6 Å². The van der Waals surface area contributed by atoms with Gasteiger partial charge in [0.1, 0.15) is 0 Å². The van der Waals surface area contributed by atoms with Crippen LogP contribution < -0.4 is 5.32 Å². The van der Waals surface area contributed by atoms with E-state index in [1.165, 1.54) is 11.8 Å². The summed E-state index contributed by atoms with van der Waals surface area (Å²) >= 11 is 1.54. The number of aryl methyl sites for hydroxylation is 1. The van der Waals surface area contributed by atoms with Crippen LogP contribution in [0.3, 0.4) is 0 Å². The number of amides is 1. The van der Waals surface area contributed by atoms with Crippen molar-refractivity contribution in [3.63, 3.8) is 0 Å². The molecule has 1 atom stereocenters. The molecule has 1 aromatic heterocycles. The van der Waals surface area contributed by atoms with Crippen molar-refractivity contribution in [1.29, 1.82) is 0 Å². The van der Waals surface area contributed by atoms with E-state index in [4.69, 9.17) is 0 Å². The lowest BCUT2D eigenvalue weighted by molar-refractivity contribution is -0.131. The molecule has 8 nitrogen and oxygen atoms in total. The van der Waals surface area contributed by atoms with Crippen LogP contribution in [0.1, 0.15) is 19.8 Å². The Hall–Kier alpha value is -1.48. The number of piperazine rings is 1. The summed E-state index contributed by atoms with van der Waals surface area (Å²) in [5.74, 6) is 0.987. The van der Waals surface area contributed by atoms with E-state index in [2.05, 4.69) is 20.8 Å². The molecule has 0 bridgehead atoms. The van der Waals surface area contributed by atoms with Gasteiger partial charge < -0.3 is 10.2 Å². The largest absolute Gasteiger partial charge is 0.340 e. The Kier molecular flexibility index (Phi) is 5.68. The molecule has 0 saturated carbocycles. The second-order valence-electron chi connectivity index (χ2n) is 4.98. The van der Waals surface area contributed by atoms with Gasteiger partial charge in [0.2, 0.25) is 11.1 Å². The van der Waals surface area contributed by atoms with Crippen molar-refractivity contribution < 1.29 is 9.59 Å². The topological polar surface area (TPSA) is 93.0 Å². The Bertz CT molecular complexity index is 506. The van der Waals surface area contributed by atoms with Crippen molar-refractivity contribution in [3.8, 4) is 0 Å². The molecule has 1 unspecified atom stereocenters. The zero-order valence-corrected chi connectivity index (χ0v) is 13.1. The number of ketones is 1. The van der Waals surface area contributed by atoms with Gasteiger partial charge in [0, 0.05) is 45.8 Å². The maximum absolute atomic E-state index is 12.1. The Labute approximate surface area is 127 Å². The van der Waals surface area contributed by atoms with Crippen molar-refractivity contribution in [3.05, 3.63) is 0 Å². The summed E-state index contributed by atoms with van der Waals surface area (Å²) in [6.07, 6.45) is 1.27. The lowest BCUT2D eigenvalue weighted by Crippen LogP contribution is -2.55. The number of aromatic nitrogens is 4. The van der Waals surface area contributed by atoms with E-state index in [0.717, 1.165) is 17.3 Å². The van der Waals surface area contributed by atoms with Crippen LogP contribution in [0.5, 0.6) is 0 Å². The zero-order valence-electron chi connectivity index (χ0n) is 12.3. The average molecular weight is 312 g/mol. The molecule has 0 aliphatic carbocycles. The first-order valence-electron chi connectivity index (χ1n) is 6.94. The number of carbonyl (C=O) groups is 2. The first-order valence-corrected chi connectivity index (χ1v) is 7.93. The van der Waals surface area contributed by atoms with E-state index < -0.39 is 0 Å². The normalized spacial score (nSPS) is 18.8. The van der Waals surface area contributed by atoms with Crippen LogP contribution in [0.25, 0.3) is 0 Å². The van der Waals surface area contributed by atoms with Crippen LogP contribution >= 0.6 is 11.8 Å². The minimum absolute atomic E-state index is 0.0274. The van der Waals surface area contributed by atoms with Gasteiger partial charge in [-0.1, -0.05) is 11.8 Å². The van der Waals surface area contributed by atoms with Gasteiger partial charge in [-0.25, -0.2) is 4.68 Å². The van der Waals surface area contributed by atoms with Gasteiger partial charge in [-0.15, -0.1) is 5.10 Å². The monoisotopic (exact) mass is 312 g/mol. The predicted molar refractivity (Wildman–Crippen MR) is 77.8 cm³/mol. The van der Waals surface area contributed by atoms with Crippen LogP contribution in [0.4, 0.5) is 0 Å². The second-order valence-corrected chi connectivity index (χ2v) is 6.04. The highest BCUT2D eigenvalue weighted by Crippen LogP contribution is 2.15. The number of Topliss-reactive ketones (excluding diaryl/α,β-unsaturated/α-hetero) is 1. The van der Waals surface area contributed by atoms with Crippen molar-refractivity contribution in [2.45, 2.75) is 31.0 Å². The summed E-state index contributed by atoms with van der Waals surface area (Å²) in [6, 6.07) is -0.232. The minimum atomic E-state index is -0.232. The van der Waals surface area contributed by atoms with E-state index in [1.807, 2.05) is 0 Å². The minimum Gasteiger partial charge on any atom is -0.340 e.